The number of rotatable bonds is 6. The lowest BCUT2D eigenvalue weighted by Crippen LogP contribution is -2.11. The van der Waals surface area contributed by atoms with Crippen LogP contribution in [0.1, 0.15) is 17.8 Å². The molecule has 2 aromatic rings. The summed E-state index contributed by atoms with van der Waals surface area (Å²) in [5.74, 6) is 0.964. The third kappa shape index (κ3) is 3.95. The van der Waals surface area contributed by atoms with Gasteiger partial charge in [0.1, 0.15) is 11.5 Å². The molecule has 0 N–H and O–H groups in total. The number of Topliss-reactive ketones (excluding diaryl/α,β-unsaturated/α-hetero) is 1. The lowest BCUT2D eigenvalue weighted by molar-refractivity contribution is -0.119. The Labute approximate surface area is 113 Å². The predicted molar refractivity (Wildman–Crippen MR) is 73.2 cm³/mol. The van der Waals surface area contributed by atoms with E-state index in [2.05, 4.69) is 5.10 Å². The van der Waals surface area contributed by atoms with E-state index >= 15 is 0 Å². The smallest absolute Gasteiger partial charge is 0.142 e. The number of carbonyl (C=O) groups excluding carboxylic acids is 1. The number of hydrogen-bond donors (Lipinski definition) is 0. The van der Waals surface area contributed by atoms with E-state index in [1.165, 1.54) is 0 Å². The van der Waals surface area contributed by atoms with Crippen molar-refractivity contribution in [2.24, 2.45) is 7.05 Å². The average Bonchev–Trinajstić information content (AvgIpc) is 2.69. The van der Waals surface area contributed by atoms with E-state index in [-0.39, 0.29) is 5.78 Å². The van der Waals surface area contributed by atoms with Crippen LogP contribution in [0.2, 0.25) is 0 Å². The van der Waals surface area contributed by atoms with Gasteiger partial charge in [0.05, 0.1) is 12.3 Å². The third-order valence-electron chi connectivity index (χ3n) is 2.87. The van der Waals surface area contributed by atoms with E-state index in [9.17, 15) is 4.79 Å². The van der Waals surface area contributed by atoms with Gasteiger partial charge in [-0.2, -0.15) is 5.10 Å². The van der Waals surface area contributed by atoms with Crippen molar-refractivity contribution in [1.82, 2.24) is 9.78 Å². The number of aryl methyl sites for hydroxylation is 2. The first-order valence-corrected chi connectivity index (χ1v) is 6.34. The van der Waals surface area contributed by atoms with Crippen LogP contribution in [-0.4, -0.2) is 22.2 Å². The highest BCUT2D eigenvalue weighted by molar-refractivity contribution is 5.80. The van der Waals surface area contributed by atoms with Crippen molar-refractivity contribution >= 4 is 5.78 Å². The Hall–Kier alpha value is -2.10. The van der Waals surface area contributed by atoms with E-state index in [4.69, 9.17) is 4.74 Å². The summed E-state index contributed by atoms with van der Waals surface area (Å²) >= 11 is 0. The molecule has 0 amide bonds. The minimum Gasteiger partial charge on any atom is -0.493 e. The van der Waals surface area contributed by atoms with Crippen molar-refractivity contribution in [1.29, 1.82) is 0 Å². The van der Waals surface area contributed by atoms with Crippen LogP contribution >= 0.6 is 0 Å². The number of ether oxygens (including phenoxy) is 1. The van der Waals surface area contributed by atoms with Crippen LogP contribution in [0.25, 0.3) is 0 Å². The summed E-state index contributed by atoms with van der Waals surface area (Å²) in [6.07, 6.45) is 0.828. The molecule has 0 unspecified atom stereocenters. The summed E-state index contributed by atoms with van der Waals surface area (Å²) in [6, 6.07) is 11.5. The van der Waals surface area contributed by atoms with Crippen molar-refractivity contribution in [3.63, 3.8) is 0 Å². The van der Waals surface area contributed by atoms with Crippen LogP contribution in [0.15, 0.2) is 36.4 Å². The Kier molecular flexibility index (Phi) is 4.34. The van der Waals surface area contributed by atoms with Crippen LogP contribution in [0, 0.1) is 6.92 Å². The molecular formula is C15H18N2O2. The minimum atomic E-state index is 0.166. The Balaban J connectivity index is 1.78. The summed E-state index contributed by atoms with van der Waals surface area (Å²) in [5.41, 5.74) is 1.88. The Morgan fingerprint density at radius 3 is 2.68 bits per heavy atom. The molecule has 0 atom stereocenters. The number of carbonyl (C=O) groups is 1. The molecule has 0 fully saturated rings. The summed E-state index contributed by atoms with van der Waals surface area (Å²) in [6.45, 7) is 2.34. The second-order valence-corrected chi connectivity index (χ2v) is 4.53. The summed E-state index contributed by atoms with van der Waals surface area (Å²) in [5, 5.41) is 4.23. The zero-order valence-electron chi connectivity index (χ0n) is 11.3. The molecule has 0 saturated carbocycles. The highest BCUT2D eigenvalue weighted by Gasteiger charge is 2.08. The fourth-order valence-electron chi connectivity index (χ4n) is 1.92. The van der Waals surface area contributed by atoms with Crippen molar-refractivity contribution in [2.75, 3.05) is 6.61 Å². The molecule has 0 aliphatic heterocycles. The molecule has 2 rings (SSSR count). The predicted octanol–water partition coefficient (Wildman–Crippen LogP) is 2.31. The summed E-state index contributed by atoms with van der Waals surface area (Å²) in [7, 11) is 1.86. The third-order valence-corrected chi connectivity index (χ3v) is 2.87. The lowest BCUT2D eigenvalue weighted by atomic mass is 10.1. The SMILES string of the molecule is Cc1cc(CC(=O)CCOc2ccccc2)n(C)n1. The van der Waals surface area contributed by atoms with Gasteiger partial charge in [-0.05, 0) is 25.1 Å². The number of nitrogens with zero attached hydrogens (tertiary/aromatic N) is 2. The zero-order valence-corrected chi connectivity index (χ0v) is 11.3. The Morgan fingerprint density at radius 1 is 1.32 bits per heavy atom. The normalized spacial score (nSPS) is 10.4. The molecule has 1 aromatic carbocycles. The monoisotopic (exact) mass is 258 g/mol. The second kappa shape index (κ2) is 6.18. The summed E-state index contributed by atoms with van der Waals surface area (Å²) in [4.78, 5) is 11.8. The standard InChI is InChI=1S/C15H18N2O2/c1-12-10-13(17(2)16-12)11-14(18)8-9-19-15-6-4-3-5-7-15/h3-7,10H,8-9,11H2,1-2H3. The number of hydrogen-bond acceptors (Lipinski definition) is 3. The first-order chi connectivity index (χ1) is 9.15. The van der Waals surface area contributed by atoms with Crippen LogP contribution in [-0.2, 0) is 18.3 Å². The van der Waals surface area contributed by atoms with Gasteiger partial charge < -0.3 is 4.74 Å². The largest absolute Gasteiger partial charge is 0.493 e. The van der Waals surface area contributed by atoms with Crippen LogP contribution in [0.5, 0.6) is 5.75 Å². The van der Waals surface area contributed by atoms with E-state index in [1.807, 2.05) is 50.4 Å². The molecule has 0 bridgehead atoms. The average molecular weight is 258 g/mol. The molecule has 0 spiro atoms. The number of ketones is 1. The molecule has 4 nitrogen and oxygen atoms in total. The quantitative estimate of drug-likeness (QED) is 0.798. The molecule has 0 saturated heterocycles. The first-order valence-electron chi connectivity index (χ1n) is 6.34. The Morgan fingerprint density at radius 2 is 2.05 bits per heavy atom. The molecule has 100 valence electrons. The molecule has 0 radical (unpaired) electrons. The van der Waals surface area contributed by atoms with Gasteiger partial charge in [0.2, 0.25) is 0 Å². The van der Waals surface area contributed by atoms with Crippen LogP contribution < -0.4 is 4.74 Å². The van der Waals surface area contributed by atoms with Gasteiger partial charge in [-0.1, -0.05) is 18.2 Å². The maximum Gasteiger partial charge on any atom is 0.142 e. The fourth-order valence-corrected chi connectivity index (χ4v) is 1.92. The first kappa shape index (κ1) is 13.3. The number of para-hydroxylation sites is 1. The maximum atomic E-state index is 11.8. The van der Waals surface area contributed by atoms with Gasteiger partial charge in [0, 0.05) is 25.6 Å². The van der Waals surface area contributed by atoms with Crippen LogP contribution in [0.3, 0.4) is 0 Å². The highest BCUT2D eigenvalue weighted by Crippen LogP contribution is 2.09. The molecule has 0 aliphatic carbocycles. The van der Waals surface area contributed by atoms with Crippen molar-refractivity contribution < 1.29 is 9.53 Å². The van der Waals surface area contributed by atoms with Crippen molar-refractivity contribution in [3.8, 4) is 5.75 Å². The van der Waals surface area contributed by atoms with E-state index in [0.717, 1.165) is 17.1 Å². The second-order valence-electron chi connectivity index (χ2n) is 4.53. The van der Waals surface area contributed by atoms with Gasteiger partial charge in [0.25, 0.3) is 0 Å². The summed E-state index contributed by atoms with van der Waals surface area (Å²) < 4.78 is 7.26. The number of aromatic nitrogens is 2. The lowest BCUT2D eigenvalue weighted by Gasteiger charge is -2.05. The minimum absolute atomic E-state index is 0.166. The maximum absolute atomic E-state index is 11.8. The van der Waals surface area contributed by atoms with E-state index < -0.39 is 0 Å². The van der Waals surface area contributed by atoms with Gasteiger partial charge >= 0.3 is 0 Å². The fraction of sp³-hybridized carbons (Fsp3) is 0.333. The zero-order chi connectivity index (χ0) is 13.7. The van der Waals surface area contributed by atoms with Crippen LogP contribution in [0.4, 0.5) is 0 Å². The molecule has 1 heterocycles. The van der Waals surface area contributed by atoms with E-state index in [0.29, 0.717) is 19.4 Å². The van der Waals surface area contributed by atoms with Gasteiger partial charge in [0.15, 0.2) is 0 Å². The van der Waals surface area contributed by atoms with E-state index in [1.54, 1.807) is 4.68 Å². The van der Waals surface area contributed by atoms with Crippen molar-refractivity contribution in [3.05, 3.63) is 47.8 Å². The van der Waals surface area contributed by atoms with Gasteiger partial charge in [-0.25, -0.2) is 0 Å². The molecular weight excluding hydrogens is 240 g/mol. The highest BCUT2D eigenvalue weighted by atomic mass is 16.5. The molecule has 1 aromatic heterocycles. The van der Waals surface area contributed by atoms with Crippen molar-refractivity contribution in [2.45, 2.75) is 19.8 Å². The van der Waals surface area contributed by atoms with Gasteiger partial charge in [-0.3, -0.25) is 9.48 Å². The topological polar surface area (TPSA) is 44.1 Å². The molecule has 19 heavy (non-hydrogen) atoms. The molecule has 0 aliphatic rings. The number of benzene rings is 1. The Bertz CT molecular complexity index is 547. The molecule has 4 heteroatoms. The van der Waals surface area contributed by atoms with Gasteiger partial charge in [-0.15, -0.1) is 0 Å².